The lowest BCUT2D eigenvalue weighted by molar-refractivity contribution is -0.206. The van der Waals surface area contributed by atoms with Gasteiger partial charge >= 0.3 is 6.18 Å². The Hall–Kier alpha value is -1.56. The lowest BCUT2D eigenvalue weighted by Gasteiger charge is -2.15. The molecular formula is C10H10F3NO2. The Morgan fingerprint density at radius 2 is 2.06 bits per heavy atom. The van der Waals surface area contributed by atoms with Gasteiger partial charge in [0.05, 0.1) is 0 Å². The second-order valence-electron chi connectivity index (χ2n) is 3.25. The first-order valence-electron chi connectivity index (χ1n) is 4.43. The number of amides is 1. The molecule has 1 aromatic rings. The molecule has 0 aliphatic heterocycles. The number of anilines is 1. The molecule has 1 aromatic carbocycles. The van der Waals surface area contributed by atoms with Gasteiger partial charge in [0.15, 0.2) is 6.10 Å². The summed E-state index contributed by atoms with van der Waals surface area (Å²) in [5.74, 6) is -0.390. The van der Waals surface area contributed by atoms with Crippen LogP contribution in [0.3, 0.4) is 0 Å². The van der Waals surface area contributed by atoms with Crippen molar-refractivity contribution >= 4 is 11.6 Å². The first kappa shape index (κ1) is 12.5. The third-order valence-electron chi connectivity index (χ3n) is 1.83. The van der Waals surface area contributed by atoms with Crippen LogP contribution in [0.25, 0.3) is 0 Å². The third-order valence-corrected chi connectivity index (χ3v) is 1.83. The number of aliphatic hydroxyl groups excluding tert-OH is 1. The van der Waals surface area contributed by atoms with Crippen LogP contribution in [0.5, 0.6) is 0 Å². The van der Waals surface area contributed by atoms with Crippen LogP contribution in [0, 0.1) is 0 Å². The number of carbonyl (C=O) groups is 1. The summed E-state index contributed by atoms with van der Waals surface area (Å²) >= 11 is 0. The zero-order chi connectivity index (χ0) is 12.3. The molecule has 1 unspecified atom stereocenters. The second kappa shape index (κ2) is 4.52. The number of alkyl halides is 3. The number of aliphatic hydroxyl groups is 1. The predicted octanol–water partition coefficient (Wildman–Crippen LogP) is 2.24. The fourth-order valence-electron chi connectivity index (χ4n) is 1.18. The van der Waals surface area contributed by atoms with Crippen molar-refractivity contribution in [1.82, 2.24) is 0 Å². The van der Waals surface area contributed by atoms with Gasteiger partial charge in [0, 0.05) is 12.6 Å². The Morgan fingerprint density at radius 1 is 1.44 bits per heavy atom. The van der Waals surface area contributed by atoms with Gasteiger partial charge in [-0.25, -0.2) is 0 Å². The Labute approximate surface area is 89.9 Å². The molecule has 0 saturated heterocycles. The molecule has 0 heterocycles. The van der Waals surface area contributed by atoms with E-state index >= 15 is 0 Å². The van der Waals surface area contributed by atoms with Crippen molar-refractivity contribution in [3.63, 3.8) is 0 Å². The van der Waals surface area contributed by atoms with E-state index in [2.05, 4.69) is 5.32 Å². The van der Waals surface area contributed by atoms with Gasteiger partial charge in [0.1, 0.15) is 0 Å². The molecule has 0 spiro atoms. The van der Waals surface area contributed by atoms with Crippen LogP contribution < -0.4 is 5.32 Å². The van der Waals surface area contributed by atoms with E-state index in [1.807, 2.05) is 0 Å². The summed E-state index contributed by atoms with van der Waals surface area (Å²) in [7, 11) is 0. The lowest BCUT2D eigenvalue weighted by Crippen LogP contribution is -2.20. The van der Waals surface area contributed by atoms with E-state index in [0.29, 0.717) is 0 Å². The summed E-state index contributed by atoms with van der Waals surface area (Å²) in [6, 6.07) is 4.99. The highest BCUT2D eigenvalue weighted by atomic mass is 19.4. The molecule has 0 radical (unpaired) electrons. The molecule has 6 heteroatoms. The molecule has 0 bridgehead atoms. The second-order valence-corrected chi connectivity index (χ2v) is 3.25. The van der Waals surface area contributed by atoms with E-state index in [4.69, 9.17) is 5.11 Å². The van der Waals surface area contributed by atoms with Gasteiger partial charge in [0.25, 0.3) is 0 Å². The zero-order valence-electron chi connectivity index (χ0n) is 8.38. The van der Waals surface area contributed by atoms with Crippen LogP contribution in [-0.2, 0) is 4.79 Å². The molecule has 0 aliphatic carbocycles. The summed E-state index contributed by atoms with van der Waals surface area (Å²) in [5.41, 5.74) is -0.0907. The topological polar surface area (TPSA) is 49.3 Å². The van der Waals surface area contributed by atoms with E-state index in [9.17, 15) is 18.0 Å². The van der Waals surface area contributed by atoms with Crippen LogP contribution in [0.15, 0.2) is 24.3 Å². The minimum Gasteiger partial charge on any atom is -0.379 e. The number of carbonyl (C=O) groups excluding carboxylic acids is 1. The Balaban J connectivity index is 2.94. The summed E-state index contributed by atoms with van der Waals surface area (Å²) in [6.45, 7) is 1.24. The van der Waals surface area contributed by atoms with Gasteiger partial charge in [-0.3, -0.25) is 4.79 Å². The van der Waals surface area contributed by atoms with E-state index < -0.39 is 18.2 Å². The molecule has 16 heavy (non-hydrogen) atoms. The average molecular weight is 233 g/mol. The van der Waals surface area contributed by atoms with Crippen LogP contribution in [0.4, 0.5) is 18.9 Å². The highest BCUT2D eigenvalue weighted by Gasteiger charge is 2.39. The molecule has 0 aromatic heterocycles. The van der Waals surface area contributed by atoms with Crippen LogP contribution >= 0.6 is 0 Å². The quantitative estimate of drug-likeness (QED) is 0.823. The number of hydrogen-bond acceptors (Lipinski definition) is 2. The van der Waals surface area contributed by atoms with Crippen LogP contribution in [0.1, 0.15) is 18.6 Å². The van der Waals surface area contributed by atoms with E-state index in [-0.39, 0.29) is 11.3 Å². The van der Waals surface area contributed by atoms with Crippen molar-refractivity contribution in [1.29, 1.82) is 0 Å². The van der Waals surface area contributed by atoms with E-state index in [0.717, 1.165) is 12.1 Å². The first-order chi connectivity index (χ1) is 7.30. The van der Waals surface area contributed by atoms with Gasteiger partial charge in [0.2, 0.25) is 5.91 Å². The van der Waals surface area contributed by atoms with Crippen molar-refractivity contribution in [2.75, 3.05) is 5.32 Å². The molecule has 0 saturated carbocycles. The molecule has 0 fully saturated rings. The van der Waals surface area contributed by atoms with Gasteiger partial charge in [-0.15, -0.1) is 0 Å². The minimum absolute atomic E-state index is 0.216. The fourth-order valence-corrected chi connectivity index (χ4v) is 1.18. The van der Waals surface area contributed by atoms with Crippen molar-refractivity contribution in [3.8, 4) is 0 Å². The smallest absolute Gasteiger partial charge is 0.379 e. The fraction of sp³-hybridized carbons (Fsp3) is 0.300. The number of halogens is 3. The van der Waals surface area contributed by atoms with Crippen molar-refractivity contribution in [2.24, 2.45) is 0 Å². The maximum atomic E-state index is 12.2. The van der Waals surface area contributed by atoms with Gasteiger partial charge in [-0.1, -0.05) is 12.1 Å². The Bertz CT molecular complexity index is 390. The molecular weight excluding hydrogens is 223 g/mol. The number of rotatable bonds is 2. The molecule has 3 nitrogen and oxygen atoms in total. The summed E-state index contributed by atoms with van der Waals surface area (Å²) < 4.78 is 36.6. The molecule has 2 N–H and O–H groups in total. The number of nitrogens with one attached hydrogen (secondary N) is 1. The van der Waals surface area contributed by atoms with E-state index in [1.165, 1.54) is 19.1 Å². The van der Waals surface area contributed by atoms with Crippen molar-refractivity contribution < 1.29 is 23.1 Å². The highest BCUT2D eigenvalue weighted by Crippen LogP contribution is 2.33. The van der Waals surface area contributed by atoms with E-state index in [1.54, 1.807) is 0 Å². The number of benzene rings is 1. The SMILES string of the molecule is CC(=O)Nc1cccc(C(O)C(F)(F)F)c1. The Kier molecular flexibility index (Phi) is 3.54. The normalized spacial score (nSPS) is 13.3. The Morgan fingerprint density at radius 3 is 2.56 bits per heavy atom. The minimum atomic E-state index is -4.71. The third kappa shape index (κ3) is 3.23. The first-order valence-corrected chi connectivity index (χ1v) is 4.43. The molecule has 1 amide bonds. The van der Waals surface area contributed by atoms with Crippen LogP contribution in [-0.4, -0.2) is 17.2 Å². The van der Waals surface area contributed by atoms with Gasteiger partial charge in [-0.2, -0.15) is 13.2 Å². The van der Waals surface area contributed by atoms with Crippen molar-refractivity contribution in [3.05, 3.63) is 29.8 Å². The molecule has 88 valence electrons. The average Bonchev–Trinajstić information content (AvgIpc) is 2.14. The highest BCUT2D eigenvalue weighted by molar-refractivity contribution is 5.88. The monoisotopic (exact) mass is 233 g/mol. The summed E-state index contributed by atoms with van der Waals surface area (Å²) in [4.78, 5) is 10.7. The largest absolute Gasteiger partial charge is 0.418 e. The van der Waals surface area contributed by atoms with Crippen molar-refractivity contribution in [2.45, 2.75) is 19.2 Å². The maximum Gasteiger partial charge on any atom is 0.418 e. The predicted molar refractivity (Wildman–Crippen MR) is 51.8 cm³/mol. The maximum absolute atomic E-state index is 12.2. The number of hydrogen-bond donors (Lipinski definition) is 2. The molecule has 1 rings (SSSR count). The lowest BCUT2D eigenvalue weighted by atomic mass is 10.1. The summed E-state index contributed by atoms with van der Waals surface area (Å²) in [5, 5.41) is 11.3. The zero-order valence-corrected chi connectivity index (χ0v) is 8.38. The van der Waals surface area contributed by atoms with Gasteiger partial charge < -0.3 is 10.4 Å². The molecule has 1 atom stereocenters. The standard InChI is InChI=1S/C10H10F3NO2/c1-6(15)14-8-4-2-3-7(5-8)9(16)10(11,12)13/h2-5,9,16H,1H3,(H,14,15). The van der Waals surface area contributed by atoms with Gasteiger partial charge in [-0.05, 0) is 17.7 Å². The summed E-state index contributed by atoms with van der Waals surface area (Å²) in [6.07, 6.45) is -7.25. The molecule has 0 aliphatic rings. The van der Waals surface area contributed by atoms with Crippen LogP contribution in [0.2, 0.25) is 0 Å².